The van der Waals surface area contributed by atoms with Crippen LogP contribution in [-0.2, 0) is 16.4 Å². The molecule has 15 heteroatoms. The van der Waals surface area contributed by atoms with Crippen molar-refractivity contribution < 1.29 is 40.3 Å². The molecule has 2 aromatic carbocycles. The van der Waals surface area contributed by atoms with Gasteiger partial charge in [0.1, 0.15) is 23.7 Å². The molecule has 248 valence electrons. The first-order valence-corrected chi connectivity index (χ1v) is 16.3. The lowest BCUT2D eigenvalue weighted by Crippen LogP contribution is -2.52. The molecule has 2 saturated heterocycles. The van der Waals surface area contributed by atoms with Crippen LogP contribution in [0.2, 0.25) is 0 Å². The fourth-order valence-electron chi connectivity index (χ4n) is 5.49. The molecule has 0 radical (unpaired) electrons. The zero-order valence-corrected chi connectivity index (χ0v) is 25.8. The third kappa shape index (κ3) is 8.06. The highest BCUT2D eigenvalue weighted by molar-refractivity contribution is 7.92. The normalized spacial score (nSPS) is 19.5. The van der Waals surface area contributed by atoms with Gasteiger partial charge in [-0.15, -0.1) is 0 Å². The van der Waals surface area contributed by atoms with Crippen molar-refractivity contribution in [3.8, 4) is 11.8 Å². The van der Waals surface area contributed by atoms with Gasteiger partial charge in [-0.3, -0.25) is 19.5 Å². The maximum Gasteiger partial charge on any atom is 0.501 e. The van der Waals surface area contributed by atoms with Crippen molar-refractivity contribution in [1.82, 2.24) is 20.1 Å². The maximum atomic E-state index is 15.0. The minimum atomic E-state index is -5.45. The molecule has 5 rings (SSSR count). The summed E-state index contributed by atoms with van der Waals surface area (Å²) < 4.78 is 82.1. The maximum absolute atomic E-state index is 15.0. The van der Waals surface area contributed by atoms with E-state index in [0.717, 1.165) is 29.8 Å². The van der Waals surface area contributed by atoms with Crippen LogP contribution in [0.1, 0.15) is 51.2 Å². The second-order valence-electron chi connectivity index (χ2n) is 11.4. The Kier molecular flexibility index (Phi) is 10.1. The summed E-state index contributed by atoms with van der Waals surface area (Å²) in [6.45, 7) is 1.90. The number of aromatic nitrogens is 1. The molecule has 1 aromatic heterocycles. The van der Waals surface area contributed by atoms with E-state index in [2.05, 4.69) is 16.4 Å². The van der Waals surface area contributed by atoms with Crippen molar-refractivity contribution >= 4 is 21.7 Å². The van der Waals surface area contributed by atoms with Gasteiger partial charge in [0.15, 0.2) is 0 Å². The van der Waals surface area contributed by atoms with Crippen molar-refractivity contribution in [3.63, 3.8) is 0 Å². The van der Waals surface area contributed by atoms with E-state index >= 15 is 0 Å². The molecule has 0 unspecified atom stereocenters. The lowest BCUT2D eigenvalue weighted by molar-refractivity contribution is -0.0436. The van der Waals surface area contributed by atoms with Crippen molar-refractivity contribution in [2.75, 3.05) is 26.2 Å². The van der Waals surface area contributed by atoms with E-state index in [9.17, 15) is 35.6 Å². The number of likely N-dealkylation sites (tertiary alicyclic amines) is 2. The van der Waals surface area contributed by atoms with Crippen molar-refractivity contribution in [1.29, 1.82) is 5.26 Å². The van der Waals surface area contributed by atoms with Crippen LogP contribution >= 0.6 is 0 Å². The van der Waals surface area contributed by atoms with Gasteiger partial charge in [0.2, 0.25) is 0 Å². The molecule has 2 fully saturated rings. The molecular formula is C32H31F4N5O5S. The predicted octanol–water partition coefficient (Wildman–Crippen LogP) is 4.27. The Bertz CT molecular complexity index is 1720. The minimum absolute atomic E-state index is 0.127. The number of piperidine rings is 2. The Morgan fingerprint density at radius 2 is 1.66 bits per heavy atom. The number of hydrogen-bond acceptors (Lipinski definition) is 8. The van der Waals surface area contributed by atoms with Crippen LogP contribution in [0, 0.1) is 11.3 Å². The van der Waals surface area contributed by atoms with Gasteiger partial charge in [0.25, 0.3) is 21.7 Å². The number of ether oxygens (including phenoxy) is 1. The number of alkyl halides is 4. The summed E-state index contributed by atoms with van der Waals surface area (Å²) >= 11 is 0. The summed E-state index contributed by atoms with van der Waals surface area (Å²) in [6.07, 6.45) is 0.908. The molecule has 2 aliphatic rings. The van der Waals surface area contributed by atoms with Gasteiger partial charge >= 0.3 is 5.51 Å². The number of hydrogen-bond donors (Lipinski definition) is 1. The van der Waals surface area contributed by atoms with Crippen molar-refractivity contribution in [2.24, 2.45) is 0 Å². The topological polar surface area (TPSA) is 133 Å². The second-order valence-corrected chi connectivity index (χ2v) is 13.3. The molecule has 2 amide bonds. The Morgan fingerprint density at radius 3 is 2.23 bits per heavy atom. The highest BCUT2D eigenvalue weighted by atomic mass is 32.2. The standard InChI is InChI=1S/C32H31F4N5O5S/c33-27-20-40(19-22-3-1-21(17-37)2-4-22)14-13-28(27)39-30(42)23-5-10-29(38-18-23)31(43)41-15-11-25(12-16-41)46-24-6-8-26(9-7-24)47(44,45)32(34,35)36/h1-10,18,25,27-28H,11-16,19-20H2,(H,39,42)/t27-,28-/m1/s1. The summed E-state index contributed by atoms with van der Waals surface area (Å²) in [5.41, 5.74) is -3.56. The summed E-state index contributed by atoms with van der Waals surface area (Å²) in [5.74, 6) is -0.638. The van der Waals surface area contributed by atoms with Gasteiger partial charge in [-0.25, -0.2) is 12.8 Å². The third-order valence-electron chi connectivity index (χ3n) is 8.15. The van der Waals surface area contributed by atoms with E-state index in [0.29, 0.717) is 51.0 Å². The molecule has 47 heavy (non-hydrogen) atoms. The molecule has 0 spiro atoms. The molecule has 2 aliphatic heterocycles. The van der Waals surface area contributed by atoms with Gasteiger partial charge in [0, 0.05) is 51.8 Å². The predicted molar refractivity (Wildman–Crippen MR) is 161 cm³/mol. The zero-order chi connectivity index (χ0) is 33.8. The number of carbonyl (C=O) groups excluding carboxylic acids is 2. The Hall–Kier alpha value is -4.55. The summed E-state index contributed by atoms with van der Waals surface area (Å²) in [5, 5.41) is 11.7. The zero-order valence-electron chi connectivity index (χ0n) is 25.0. The number of benzene rings is 2. The van der Waals surface area contributed by atoms with Gasteiger partial charge in [-0.05, 0) is 60.5 Å². The molecule has 1 N–H and O–H groups in total. The van der Waals surface area contributed by atoms with Crippen molar-refractivity contribution in [2.45, 2.75) is 54.5 Å². The Balaban J connectivity index is 1.07. The van der Waals surface area contributed by atoms with E-state index in [4.69, 9.17) is 10.00 Å². The van der Waals surface area contributed by atoms with Crippen molar-refractivity contribution in [3.05, 3.63) is 89.2 Å². The summed E-state index contributed by atoms with van der Waals surface area (Å²) in [6, 6.07) is 15.4. The van der Waals surface area contributed by atoms with E-state index in [-0.39, 0.29) is 35.6 Å². The monoisotopic (exact) mass is 673 g/mol. The molecule has 0 aliphatic carbocycles. The average Bonchev–Trinajstić information content (AvgIpc) is 3.06. The smallest absolute Gasteiger partial charge is 0.490 e. The summed E-state index contributed by atoms with van der Waals surface area (Å²) in [7, 11) is -5.45. The van der Waals surface area contributed by atoms with Crippen LogP contribution in [0.5, 0.6) is 5.75 Å². The minimum Gasteiger partial charge on any atom is -0.490 e. The number of amides is 2. The molecule has 2 atom stereocenters. The van der Waals surface area contributed by atoms with Crippen LogP contribution < -0.4 is 10.1 Å². The summed E-state index contributed by atoms with van der Waals surface area (Å²) in [4.78, 5) is 32.6. The first kappa shape index (κ1) is 33.8. The molecule has 3 heterocycles. The van der Waals surface area contributed by atoms with Crippen LogP contribution in [0.15, 0.2) is 71.8 Å². The first-order chi connectivity index (χ1) is 22.3. The number of nitriles is 1. The fourth-order valence-corrected chi connectivity index (χ4v) is 6.25. The number of rotatable bonds is 8. The van der Waals surface area contributed by atoms with E-state index < -0.39 is 38.4 Å². The van der Waals surface area contributed by atoms with Gasteiger partial charge in [0.05, 0.1) is 28.1 Å². The van der Waals surface area contributed by atoms with E-state index in [1.807, 2.05) is 17.0 Å². The third-order valence-corrected chi connectivity index (χ3v) is 9.65. The Morgan fingerprint density at radius 1 is 0.979 bits per heavy atom. The lowest BCUT2D eigenvalue weighted by Gasteiger charge is -2.35. The molecule has 0 saturated carbocycles. The quantitative estimate of drug-likeness (QED) is 0.351. The molecule has 3 aromatic rings. The SMILES string of the molecule is N#Cc1ccc(CN2CC[C@@H](NC(=O)c3ccc(C(=O)N4CCC(Oc5ccc(S(=O)(=O)C(F)(F)F)cc5)CC4)nc3)[C@H](F)C2)cc1. The highest BCUT2D eigenvalue weighted by Gasteiger charge is 2.46. The number of nitrogens with one attached hydrogen (secondary N) is 1. The van der Waals surface area contributed by atoms with Gasteiger partial charge in [-0.1, -0.05) is 12.1 Å². The Labute approximate surface area is 268 Å². The number of halogens is 4. The molecule has 10 nitrogen and oxygen atoms in total. The van der Waals surface area contributed by atoms with Crippen LogP contribution in [0.3, 0.4) is 0 Å². The molecular weight excluding hydrogens is 642 g/mol. The molecule has 0 bridgehead atoms. The van der Waals surface area contributed by atoms with Gasteiger partial charge < -0.3 is 15.0 Å². The number of pyridine rings is 1. The highest BCUT2D eigenvalue weighted by Crippen LogP contribution is 2.31. The lowest BCUT2D eigenvalue weighted by atomic mass is 10.0. The average molecular weight is 674 g/mol. The number of carbonyl (C=O) groups is 2. The van der Waals surface area contributed by atoms with Gasteiger partial charge in [-0.2, -0.15) is 18.4 Å². The second kappa shape index (κ2) is 14.1. The first-order valence-electron chi connectivity index (χ1n) is 14.8. The van der Waals surface area contributed by atoms with E-state index in [1.54, 1.807) is 17.0 Å². The number of nitrogens with zero attached hydrogens (tertiary/aromatic N) is 4. The van der Waals surface area contributed by atoms with Crippen LogP contribution in [0.4, 0.5) is 17.6 Å². The van der Waals surface area contributed by atoms with E-state index in [1.165, 1.54) is 18.3 Å². The fraction of sp³-hybridized carbons (Fsp3) is 0.375. The van der Waals surface area contributed by atoms with Crippen LogP contribution in [0.25, 0.3) is 0 Å². The largest absolute Gasteiger partial charge is 0.501 e. The number of sulfone groups is 1. The van der Waals surface area contributed by atoms with Crippen LogP contribution in [-0.4, -0.2) is 85.0 Å².